The van der Waals surface area contributed by atoms with Crippen molar-refractivity contribution in [2.24, 2.45) is 0 Å². The minimum atomic E-state index is -0.514. The molecule has 1 aliphatic carbocycles. The van der Waals surface area contributed by atoms with E-state index in [4.69, 9.17) is 0 Å². The summed E-state index contributed by atoms with van der Waals surface area (Å²) in [5.41, 5.74) is 5.50. The van der Waals surface area contributed by atoms with Crippen LogP contribution in [0.2, 0.25) is 0 Å². The van der Waals surface area contributed by atoms with Crippen LogP contribution < -0.4 is 5.32 Å². The molecule has 3 aromatic rings. The molecule has 2 nitrogen and oxygen atoms in total. The number of fused-ring (bicyclic) bond motifs is 3. The van der Waals surface area contributed by atoms with E-state index in [9.17, 15) is 4.79 Å². The molecule has 1 aliphatic rings. The second-order valence-corrected chi connectivity index (χ2v) is 6.68. The molecule has 0 bridgehead atoms. The van der Waals surface area contributed by atoms with E-state index < -0.39 is 5.54 Å². The maximum atomic E-state index is 12.1. The molecular weight excluding hydrogens is 306 g/mol. The van der Waals surface area contributed by atoms with Gasteiger partial charge in [0, 0.05) is 0 Å². The average Bonchev–Trinajstić information content (AvgIpc) is 2.94. The molecule has 0 aliphatic heterocycles. The third kappa shape index (κ3) is 2.33. The first-order chi connectivity index (χ1) is 12.1. The first-order valence-corrected chi connectivity index (χ1v) is 8.67. The molecular formula is C23H21NO. The van der Waals surface area contributed by atoms with Crippen molar-refractivity contribution in [1.29, 1.82) is 0 Å². The molecule has 0 saturated heterocycles. The highest BCUT2D eigenvalue weighted by atomic mass is 16.1. The Kier molecular flexibility index (Phi) is 3.78. The summed E-state index contributed by atoms with van der Waals surface area (Å²) >= 11 is 0. The zero-order valence-corrected chi connectivity index (χ0v) is 14.5. The molecule has 0 fully saturated rings. The smallest absolute Gasteiger partial charge is 0.146 e. The summed E-state index contributed by atoms with van der Waals surface area (Å²) in [6.45, 7) is 3.58. The SMILES string of the molecule is CC(=O)[C@H](C)NC1(c2ccccc2)c2ccccc2-c2ccccc21. The molecule has 4 rings (SSSR count). The monoisotopic (exact) mass is 327 g/mol. The van der Waals surface area contributed by atoms with Crippen molar-refractivity contribution in [1.82, 2.24) is 5.32 Å². The quantitative estimate of drug-likeness (QED) is 0.763. The Morgan fingerprint density at radius 2 is 1.28 bits per heavy atom. The number of ketones is 1. The fourth-order valence-corrected chi connectivity index (χ4v) is 3.90. The summed E-state index contributed by atoms with van der Waals surface area (Å²) < 4.78 is 0. The van der Waals surface area contributed by atoms with Gasteiger partial charge in [0.2, 0.25) is 0 Å². The van der Waals surface area contributed by atoms with Crippen LogP contribution >= 0.6 is 0 Å². The second kappa shape index (κ2) is 5.98. The Labute approximate surface area is 148 Å². The van der Waals surface area contributed by atoms with E-state index in [1.807, 2.05) is 13.0 Å². The van der Waals surface area contributed by atoms with Crippen LogP contribution in [0, 0.1) is 0 Å². The van der Waals surface area contributed by atoms with Gasteiger partial charge in [-0.2, -0.15) is 0 Å². The van der Waals surface area contributed by atoms with Crippen LogP contribution in [0.25, 0.3) is 11.1 Å². The zero-order valence-electron chi connectivity index (χ0n) is 14.5. The number of carbonyl (C=O) groups is 1. The second-order valence-electron chi connectivity index (χ2n) is 6.68. The Bertz CT molecular complexity index is 884. The third-order valence-corrected chi connectivity index (χ3v) is 5.20. The summed E-state index contributed by atoms with van der Waals surface area (Å²) in [5.74, 6) is 0.136. The van der Waals surface area contributed by atoms with Gasteiger partial charge in [0.15, 0.2) is 0 Å². The van der Waals surface area contributed by atoms with Crippen molar-refractivity contribution < 1.29 is 4.79 Å². The van der Waals surface area contributed by atoms with Crippen LogP contribution in [0.3, 0.4) is 0 Å². The van der Waals surface area contributed by atoms with Crippen molar-refractivity contribution in [2.45, 2.75) is 25.4 Å². The van der Waals surface area contributed by atoms with Gasteiger partial charge in [-0.05, 0) is 41.7 Å². The molecule has 0 saturated carbocycles. The molecule has 0 amide bonds. The van der Waals surface area contributed by atoms with E-state index in [0.29, 0.717) is 0 Å². The van der Waals surface area contributed by atoms with Gasteiger partial charge < -0.3 is 0 Å². The van der Waals surface area contributed by atoms with Gasteiger partial charge in [-0.3, -0.25) is 10.1 Å². The fraction of sp³-hybridized carbons (Fsp3) is 0.174. The van der Waals surface area contributed by atoms with Crippen LogP contribution in [0.5, 0.6) is 0 Å². The van der Waals surface area contributed by atoms with Crippen molar-refractivity contribution in [3.8, 4) is 11.1 Å². The highest BCUT2D eigenvalue weighted by Gasteiger charge is 2.45. The number of hydrogen-bond donors (Lipinski definition) is 1. The lowest BCUT2D eigenvalue weighted by molar-refractivity contribution is -0.118. The first kappa shape index (κ1) is 15.8. The molecule has 3 aromatic carbocycles. The van der Waals surface area contributed by atoms with E-state index in [1.165, 1.54) is 22.3 Å². The lowest BCUT2D eigenvalue weighted by Gasteiger charge is -2.36. The summed E-state index contributed by atoms with van der Waals surface area (Å²) in [6, 6.07) is 27.1. The molecule has 0 spiro atoms. The topological polar surface area (TPSA) is 29.1 Å². The van der Waals surface area contributed by atoms with E-state index >= 15 is 0 Å². The van der Waals surface area contributed by atoms with Gasteiger partial charge in [0.1, 0.15) is 5.78 Å². The van der Waals surface area contributed by atoms with Gasteiger partial charge in [-0.15, -0.1) is 0 Å². The van der Waals surface area contributed by atoms with E-state index in [2.05, 4.69) is 78.1 Å². The maximum absolute atomic E-state index is 12.1. The van der Waals surface area contributed by atoms with Crippen LogP contribution in [0.4, 0.5) is 0 Å². The molecule has 25 heavy (non-hydrogen) atoms. The molecule has 1 N–H and O–H groups in total. The van der Waals surface area contributed by atoms with Gasteiger partial charge in [-0.25, -0.2) is 0 Å². The molecule has 1 atom stereocenters. The molecule has 124 valence electrons. The minimum absolute atomic E-state index is 0.136. The van der Waals surface area contributed by atoms with Crippen molar-refractivity contribution in [3.05, 3.63) is 95.6 Å². The number of nitrogens with one attached hydrogen (secondary N) is 1. The van der Waals surface area contributed by atoms with Crippen molar-refractivity contribution in [2.75, 3.05) is 0 Å². The van der Waals surface area contributed by atoms with Crippen molar-refractivity contribution >= 4 is 5.78 Å². The lowest BCUT2D eigenvalue weighted by atomic mass is 9.80. The summed E-state index contributed by atoms with van der Waals surface area (Å²) in [4.78, 5) is 12.1. The standard InChI is InChI=1S/C23H21NO/c1-16(17(2)25)24-23(18-10-4-3-5-11-18)21-14-8-6-12-19(21)20-13-7-9-15-22(20)23/h3-16,24H,1-2H3/t16-/m0/s1. The molecule has 2 heteroatoms. The van der Waals surface area contributed by atoms with Crippen molar-refractivity contribution in [3.63, 3.8) is 0 Å². The minimum Gasteiger partial charge on any atom is -0.298 e. The summed E-state index contributed by atoms with van der Waals surface area (Å²) in [5, 5.41) is 3.67. The predicted octanol–water partition coefficient (Wildman–Crippen LogP) is 4.53. The van der Waals surface area contributed by atoms with Crippen LogP contribution in [0.15, 0.2) is 78.9 Å². The predicted molar refractivity (Wildman–Crippen MR) is 101 cm³/mol. The van der Waals surface area contributed by atoms with Crippen LogP contribution in [-0.4, -0.2) is 11.8 Å². The molecule has 0 radical (unpaired) electrons. The lowest BCUT2D eigenvalue weighted by Crippen LogP contribution is -2.49. The molecule has 0 unspecified atom stereocenters. The molecule has 0 heterocycles. The third-order valence-electron chi connectivity index (χ3n) is 5.20. The Hall–Kier alpha value is -2.71. The van der Waals surface area contributed by atoms with E-state index in [-0.39, 0.29) is 11.8 Å². The van der Waals surface area contributed by atoms with Gasteiger partial charge in [0.05, 0.1) is 11.6 Å². The van der Waals surface area contributed by atoms with E-state index in [0.717, 1.165) is 5.56 Å². The van der Waals surface area contributed by atoms with Gasteiger partial charge in [-0.1, -0.05) is 78.9 Å². The van der Waals surface area contributed by atoms with E-state index in [1.54, 1.807) is 6.92 Å². The summed E-state index contributed by atoms with van der Waals surface area (Å²) in [6.07, 6.45) is 0. The first-order valence-electron chi connectivity index (χ1n) is 8.67. The number of hydrogen-bond acceptors (Lipinski definition) is 2. The zero-order chi connectivity index (χ0) is 17.4. The number of rotatable bonds is 4. The average molecular weight is 327 g/mol. The number of Topliss-reactive ketones (excluding diaryl/α,β-unsaturated/α-hetero) is 1. The summed E-state index contributed by atoms with van der Waals surface area (Å²) in [7, 11) is 0. The largest absolute Gasteiger partial charge is 0.298 e. The Morgan fingerprint density at radius 3 is 1.80 bits per heavy atom. The van der Waals surface area contributed by atoms with Crippen LogP contribution in [-0.2, 0) is 10.3 Å². The Balaban J connectivity index is 2.05. The highest BCUT2D eigenvalue weighted by molar-refractivity contribution is 5.85. The van der Waals surface area contributed by atoms with Crippen LogP contribution in [0.1, 0.15) is 30.5 Å². The maximum Gasteiger partial charge on any atom is 0.146 e. The van der Waals surface area contributed by atoms with Gasteiger partial charge >= 0.3 is 0 Å². The number of carbonyl (C=O) groups excluding carboxylic acids is 1. The fourth-order valence-electron chi connectivity index (χ4n) is 3.90. The number of benzene rings is 3. The Morgan fingerprint density at radius 1 is 0.800 bits per heavy atom. The normalized spacial score (nSPS) is 15.3. The molecule has 0 aromatic heterocycles. The van der Waals surface area contributed by atoms with Gasteiger partial charge in [0.25, 0.3) is 0 Å². The highest BCUT2D eigenvalue weighted by Crippen LogP contribution is 2.50.